The molecule has 5 nitrogen and oxygen atoms in total. The Morgan fingerprint density at radius 1 is 0.929 bits per heavy atom. The molecule has 2 rings (SSSR count). The van der Waals surface area contributed by atoms with Gasteiger partial charge in [0.1, 0.15) is 24.4 Å². The van der Waals surface area contributed by atoms with Crippen molar-refractivity contribution in [3.8, 4) is 0 Å². The average molecular weight is 204 g/mol. The molecule has 5 atom stereocenters. The molecule has 2 aliphatic rings. The van der Waals surface area contributed by atoms with Gasteiger partial charge in [0.2, 0.25) is 0 Å². The van der Waals surface area contributed by atoms with Crippen LogP contribution in [0.3, 0.4) is 0 Å². The summed E-state index contributed by atoms with van der Waals surface area (Å²) in [5.74, 6) is 0. The van der Waals surface area contributed by atoms with Crippen molar-refractivity contribution in [2.75, 3.05) is 27.9 Å². The number of rotatable bonds is 3. The van der Waals surface area contributed by atoms with Crippen molar-refractivity contribution in [3.63, 3.8) is 0 Å². The molecule has 1 unspecified atom stereocenters. The van der Waals surface area contributed by atoms with E-state index in [1.165, 1.54) is 0 Å². The van der Waals surface area contributed by atoms with Crippen LogP contribution >= 0.6 is 0 Å². The minimum Gasteiger partial charge on any atom is -0.376 e. The van der Waals surface area contributed by atoms with Gasteiger partial charge in [0.05, 0.1) is 6.61 Å². The molecule has 2 heterocycles. The fourth-order valence-electron chi connectivity index (χ4n) is 2.14. The third-order valence-corrected chi connectivity index (χ3v) is 2.83. The van der Waals surface area contributed by atoms with Crippen LogP contribution in [-0.2, 0) is 23.7 Å². The van der Waals surface area contributed by atoms with Crippen molar-refractivity contribution < 1.29 is 23.7 Å². The van der Waals surface area contributed by atoms with E-state index < -0.39 is 0 Å². The normalized spacial score (nSPS) is 46.9. The first-order chi connectivity index (χ1) is 6.81. The lowest BCUT2D eigenvalue weighted by Gasteiger charge is -2.38. The molecule has 0 spiro atoms. The Morgan fingerprint density at radius 2 is 1.57 bits per heavy atom. The molecular formula is C9H16O5. The van der Waals surface area contributed by atoms with Crippen LogP contribution in [0.25, 0.3) is 0 Å². The second kappa shape index (κ2) is 4.12. The molecule has 0 aromatic rings. The van der Waals surface area contributed by atoms with E-state index in [0.717, 1.165) is 0 Å². The Labute approximate surface area is 83.2 Å². The molecule has 0 N–H and O–H groups in total. The topological polar surface area (TPSA) is 46.2 Å². The van der Waals surface area contributed by atoms with E-state index in [-0.39, 0.29) is 30.7 Å². The summed E-state index contributed by atoms with van der Waals surface area (Å²) in [6, 6.07) is 0. The van der Waals surface area contributed by atoms with Crippen LogP contribution in [0.2, 0.25) is 0 Å². The smallest absolute Gasteiger partial charge is 0.187 e. The maximum atomic E-state index is 5.58. The minimum absolute atomic E-state index is 0.0404. The van der Waals surface area contributed by atoms with E-state index in [2.05, 4.69) is 0 Å². The summed E-state index contributed by atoms with van der Waals surface area (Å²) in [7, 11) is 4.91. The van der Waals surface area contributed by atoms with Crippen molar-refractivity contribution >= 4 is 0 Å². The zero-order valence-electron chi connectivity index (χ0n) is 8.64. The Kier molecular flexibility index (Phi) is 3.04. The maximum Gasteiger partial charge on any atom is 0.187 e. The Morgan fingerprint density at radius 3 is 2.14 bits per heavy atom. The lowest BCUT2D eigenvalue weighted by atomic mass is 10.0. The van der Waals surface area contributed by atoms with Crippen molar-refractivity contribution in [2.24, 2.45) is 0 Å². The maximum absolute atomic E-state index is 5.58. The predicted octanol–water partition coefficient (Wildman–Crippen LogP) is -0.214. The van der Waals surface area contributed by atoms with Crippen LogP contribution in [0.5, 0.6) is 0 Å². The van der Waals surface area contributed by atoms with Gasteiger partial charge in [-0.2, -0.15) is 0 Å². The molecule has 2 saturated heterocycles. The number of hydrogen-bond acceptors (Lipinski definition) is 5. The fourth-order valence-corrected chi connectivity index (χ4v) is 2.14. The van der Waals surface area contributed by atoms with E-state index in [1.54, 1.807) is 21.3 Å². The van der Waals surface area contributed by atoms with Crippen LogP contribution in [0.1, 0.15) is 0 Å². The molecule has 0 radical (unpaired) electrons. The summed E-state index contributed by atoms with van der Waals surface area (Å²) in [6.07, 6.45) is -0.827. The van der Waals surface area contributed by atoms with Gasteiger partial charge < -0.3 is 23.7 Å². The summed E-state index contributed by atoms with van der Waals surface area (Å²) >= 11 is 0. The molecule has 5 heteroatoms. The van der Waals surface area contributed by atoms with Crippen LogP contribution in [0.4, 0.5) is 0 Å². The summed E-state index contributed by atoms with van der Waals surface area (Å²) < 4.78 is 27.0. The first-order valence-corrected chi connectivity index (χ1v) is 4.67. The van der Waals surface area contributed by atoms with Crippen LogP contribution in [0.15, 0.2) is 0 Å². The highest BCUT2D eigenvalue weighted by Crippen LogP contribution is 2.32. The van der Waals surface area contributed by atoms with Gasteiger partial charge in [-0.25, -0.2) is 0 Å². The number of ether oxygens (including phenoxy) is 5. The van der Waals surface area contributed by atoms with Gasteiger partial charge in [-0.05, 0) is 0 Å². The third-order valence-electron chi connectivity index (χ3n) is 2.83. The van der Waals surface area contributed by atoms with E-state index in [4.69, 9.17) is 23.7 Å². The van der Waals surface area contributed by atoms with Crippen molar-refractivity contribution in [1.29, 1.82) is 0 Å². The summed E-state index contributed by atoms with van der Waals surface area (Å²) in [4.78, 5) is 0. The molecule has 2 fully saturated rings. The number of methoxy groups -OCH3 is 3. The lowest BCUT2D eigenvalue weighted by molar-refractivity contribution is -0.246. The van der Waals surface area contributed by atoms with Crippen molar-refractivity contribution in [2.45, 2.75) is 30.7 Å². The zero-order valence-corrected chi connectivity index (χ0v) is 8.64. The van der Waals surface area contributed by atoms with Gasteiger partial charge in [0, 0.05) is 21.3 Å². The van der Waals surface area contributed by atoms with Gasteiger partial charge >= 0.3 is 0 Å². The van der Waals surface area contributed by atoms with E-state index in [9.17, 15) is 0 Å². The van der Waals surface area contributed by atoms with Crippen molar-refractivity contribution in [3.05, 3.63) is 0 Å². The first kappa shape index (κ1) is 10.3. The predicted molar refractivity (Wildman–Crippen MR) is 47.0 cm³/mol. The summed E-state index contributed by atoms with van der Waals surface area (Å²) in [5, 5.41) is 0. The van der Waals surface area contributed by atoms with Crippen LogP contribution in [-0.4, -0.2) is 58.6 Å². The largest absolute Gasteiger partial charge is 0.376 e. The zero-order chi connectivity index (χ0) is 10.1. The highest BCUT2D eigenvalue weighted by atomic mass is 16.8. The fraction of sp³-hybridized carbons (Fsp3) is 1.00. The third kappa shape index (κ3) is 1.45. The number of hydrogen-bond donors (Lipinski definition) is 0. The van der Waals surface area contributed by atoms with Crippen molar-refractivity contribution in [1.82, 2.24) is 0 Å². The van der Waals surface area contributed by atoms with E-state index in [0.29, 0.717) is 6.61 Å². The Bertz CT molecular complexity index is 180. The van der Waals surface area contributed by atoms with Gasteiger partial charge in [-0.3, -0.25) is 0 Å². The van der Waals surface area contributed by atoms with Crippen LogP contribution < -0.4 is 0 Å². The lowest BCUT2D eigenvalue weighted by Crippen LogP contribution is -2.56. The molecule has 0 saturated carbocycles. The van der Waals surface area contributed by atoms with E-state index >= 15 is 0 Å². The monoisotopic (exact) mass is 204 g/mol. The molecule has 14 heavy (non-hydrogen) atoms. The highest BCUT2D eigenvalue weighted by molar-refractivity contribution is 4.95. The standard InChI is InChI=1S/C9H16O5/c1-10-6-5-4-13-9(14-5)8(12-3)7(6)11-2/h5-9H,4H2,1-3H3/t5-,6-,7+,8+,9?/m1/s1. The SMILES string of the molecule is CO[C@H]1[C@H](OC)[C@H]2COC(O2)[C@H]1OC. The quantitative estimate of drug-likeness (QED) is 0.636. The van der Waals surface area contributed by atoms with Crippen LogP contribution in [0, 0.1) is 0 Å². The second-order valence-electron chi connectivity index (χ2n) is 3.48. The van der Waals surface area contributed by atoms with Gasteiger partial charge in [-0.15, -0.1) is 0 Å². The minimum atomic E-state index is -0.318. The molecule has 0 amide bonds. The first-order valence-electron chi connectivity index (χ1n) is 4.67. The highest BCUT2D eigenvalue weighted by Gasteiger charge is 2.51. The summed E-state index contributed by atoms with van der Waals surface area (Å²) in [5.41, 5.74) is 0. The Hall–Kier alpha value is -0.200. The van der Waals surface area contributed by atoms with Gasteiger partial charge in [0.15, 0.2) is 6.29 Å². The summed E-state index contributed by atoms with van der Waals surface area (Å²) in [6.45, 7) is 0.545. The van der Waals surface area contributed by atoms with Gasteiger partial charge in [0.25, 0.3) is 0 Å². The molecule has 2 aliphatic heterocycles. The number of fused-ring (bicyclic) bond motifs is 2. The molecular weight excluding hydrogens is 188 g/mol. The van der Waals surface area contributed by atoms with Gasteiger partial charge in [-0.1, -0.05) is 0 Å². The molecule has 0 aromatic carbocycles. The molecule has 2 bridgehead atoms. The molecule has 0 aromatic heterocycles. The second-order valence-corrected chi connectivity index (χ2v) is 3.48. The average Bonchev–Trinajstić information content (AvgIpc) is 2.63. The Balaban J connectivity index is 2.16. The van der Waals surface area contributed by atoms with E-state index in [1.807, 2.05) is 0 Å². The molecule has 0 aliphatic carbocycles. The molecule has 82 valence electrons.